The molecule has 1 aromatic rings. The Morgan fingerprint density at radius 3 is 2.80 bits per heavy atom. The molecule has 0 aromatic carbocycles. The van der Waals surface area contributed by atoms with Gasteiger partial charge in [0.25, 0.3) is 0 Å². The fourth-order valence-electron chi connectivity index (χ4n) is 3.27. The Balaban J connectivity index is 2.13. The van der Waals surface area contributed by atoms with Crippen LogP contribution in [0.1, 0.15) is 68.7 Å². The van der Waals surface area contributed by atoms with Crippen molar-refractivity contribution in [2.24, 2.45) is 0 Å². The minimum atomic E-state index is 0.690. The highest BCUT2D eigenvalue weighted by Gasteiger charge is 2.28. The van der Waals surface area contributed by atoms with Crippen LogP contribution in [0.25, 0.3) is 0 Å². The molecule has 2 atom stereocenters. The summed E-state index contributed by atoms with van der Waals surface area (Å²) in [5.74, 6) is 2.06. The second-order valence-corrected chi connectivity index (χ2v) is 5.26. The lowest BCUT2D eigenvalue weighted by atomic mass is 9.91. The molecular weight excluding hydrogens is 184 g/mol. The molecule has 15 heavy (non-hydrogen) atoms. The standard InChI is InChI=1S/C13H20N2/c1-9-5-3-7-11-13(9)14-12-8-4-6-10(2)15(11)12/h9-10H,3-8H2,1-2H3. The maximum Gasteiger partial charge on any atom is 0.109 e. The zero-order valence-corrected chi connectivity index (χ0v) is 9.79. The first kappa shape index (κ1) is 9.44. The third kappa shape index (κ3) is 1.34. The lowest BCUT2D eigenvalue weighted by Crippen LogP contribution is -2.18. The maximum absolute atomic E-state index is 4.89. The number of aryl methyl sites for hydroxylation is 1. The first-order valence-corrected chi connectivity index (χ1v) is 6.37. The van der Waals surface area contributed by atoms with Crippen molar-refractivity contribution in [2.45, 2.75) is 64.3 Å². The van der Waals surface area contributed by atoms with E-state index in [4.69, 9.17) is 4.98 Å². The van der Waals surface area contributed by atoms with Gasteiger partial charge in [-0.2, -0.15) is 0 Å². The molecule has 2 nitrogen and oxygen atoms in total. The molecule has 3 rings (SSSR count). The molecule has 0 saturated heterocycles. The smallest absolute Gasteiger partial charge is 0.109 e. The van der Waals surface area contributed by atoms with Crippen LogP contribution in [-0.2, 0) is 12.8 Å². The van der Waals surface area contributed by atoms with Gasteiger partial charge in [0.15, 0.2) is 0 Å². The van der Waals surface area contributed by atoms with Crippen molar-refractivity contribution in [3.63, 3.8) is 0 Å². The van der Waals surface area contributed by atoms with Gasteiger partial charge in [-0.15, -0.1) is 0 Å². The van der Waals surface area contributed by atoms with Crippen molar-refractivity contribution < 1.29 is 0 Å². The molecule has 2 unspecified atom stereocenters. The summed E-state index contributed by atoms with van der Waals surface area (Å²) in [6.07, 6.45) is 7.81. The van der Waals surface area contributed by atoms with Gasteiger partial charge in [-0.25, -0.2) is 4.98 Å². The van der Waals surface area contributed by atoms with E-state index >= 15 is 0 Å². The van der Waals surface area contributed by atoms with Crippen molar-refractivity contribution >= 4 is 0 Å². The molecule has 0 bridgehead atoms. The molecule has 1 aromatic heterocycles. The molecule has 82 valence electrons. The lowest BCUT2D eigenvalue weighted by molar-refractivity contribution is 0.409. The highest BCUT2D eigenvalue weighted by atomic mass is 15.1. The van der Waals surface area contributed by atoms with Crippen molar-refractivity contribution in [2.75, 3.05) is 0 Å². The van der Waals surface area contributed by atoms with Crippen LogP contribution in [0.5, 0.6) is 0 Å². The van der Waals surface area contributed by atoms with Gasteiger partial charge in [0.2, 0.25) is 0 Å². The minimum Gasteiger partial charge on any atom is -0.329 e. The van der Waals surface area contributed by atoms with Crippen LogP contribution in [0, 0.1) is 0 Å². The van der Waals surface area contributed by atoms with E-state index in [1.807, 2.05) is 0 Å². The second kappa shape index (κ2) is 3.36. The third-order valence-corrected chi connectivity index (χ3v) is 4.09. The van der Waals surface area contributed by atoms with Gasteiger partial charge in [0.05, 0.1) is 5.69 Å². The summed E-state index contributed by atoms with van der Waals surface area (Å²) >= 11 is 0. The highest BCUT2D eigenvalue weighted by molar-refractivity contribution is 5.25. The third-order valence-electron chi connectivity index (χ3n) is 4.09. The van der Waals surface area contributed by atoms with Crippen molar-refractivity contribution in [3.8, 4) is 0 Å². The molecule has 0 N–H and O–H groups in total. The van der Waals surface area contributed by atoms with Crippen LogP contribution in [-0.4, -0.2) is 9.55 Å². The number of imidazole rings is 1. The topological polar surface area (TPSA) is 17.8 Å². The number of rotatable bonds is 0. The van der Waals surface area contributed by atoms with Gasteiger partial charge in [-0.05, 0) is 39.0 Å². The van der Waals surface area contributed by atoms with E-state index in [1.165, 1.54) is 50.0 Å². The fourth-order valence-corrected chi connectivity index (χ4v) is 3.27. The molecule has 0 radical (unpaired) electrons. The number of hydrogen-bond donors (Lipinski definition) is 0. The van der Waals surface area contributed by atoms with Crippen LogP contribution >= 0.6 is 0 Å². The van der Waals surface area contributed by atoms with E-state index in [2.05, 4.69) is 18.4 Å². The molecule has 2 aliphatic rings. The normalized spacial score (nSPS) is 29.7. The summed E-state index contributed by atoms with van der Waals surface area (Å²) in [4.78, 5) is 4.89. The molecule has 1 aliphatic carbocycles. The van der Waals surface area contributed by atoms with Gasteiger partial charge in [0.1, 0.15) is 5.82 Å². The quantitative estimate of drug-likeness (QED) is 0.634. The SMILES string of the molecule is CC1CCCc2c1nc1n2C(C)CCC1. The predicted molar refractivity (Wildman–Crippen MR) is 61.2 cm³/mol. The van der Waals surface area contributed by atoms with Gasteiger partial charge in [-0.1, -0.05) is 6.92 Å². The maximum atomic E-state index is 4.89. The van der Waals surface area contributed by atoms with Crippen LogP contribution in [0.2, 0.25) is 0 Å². The van der Waals surface area contributed by atoms with E-state index in [9.17, 15) is 0 Å². The summed E-state index contributed by atoms with van der Waals surface area (Å²) < 4.78 is 2.55. The summed E-state index contributed by atoms with van der Waals surface area (Å²) in [6.45, 7) is 4.69. The van der Waals surface area contributed by atoms with Gasteiger partial charge in [0, 0.05) is 24.1 Å². The monoisotopic (exact) mass is 204 g/mol. The Morgan fingerprint density at radius 2 is 1.93 bits per heavy atom. The highest BCUT2D eigenvalue weighted by Crippen LogP contribution is 2.36. The molecular formula is C13H20N2. The number of aromatic nitrogens is 2. The van der Waals surface area contributed by atoms with Crippen LogP contribution in [0.15, 0.2) is 0 Å². The van der Waals surface area contributed by atoms with Crippen LogP contribution < -0.4 is 0 Å². The molecule has 0 saturated carbocycles. The molecule has 0 amide bonds. The van der Waals surface area contributed by atoms with Gasteiger partial charge >= 0.3 is 0 Å². The average molecular weight is 204 g/mol. The van der Waals surface area contributed by atoms with Crippen LogP contribution in [0.4, 0.5) is 0 Å². The molecule has 0 spiro atoms. The zero-order valence-electron chi connectivity index (χ0n) is 9.79. The number of hydrogen-bond acceptors (Lipinski definition) is 1. The van der Waals surface area contributed by atoms with Crippen molar-refractivity contribution in [1.29, 1.82) is 0 Å². The number of fused-ring (bicyclic) bond motifs is 3. The zero-order chi connectivity index (χ0) is 10.4. The first-order chi connectivity index (χ1) is 7.27. The van der Waals surface area contributed by atoms with E-state index in [1.54, 1.807) is 5.69 Å². The first-order valence-electron chi connectivity index (χ1n) is 6.37. The minimum absolute atomic E-state index is 0.690. The Labute approximate surface area is 91.7 Å². The van der Waals surface area contributed by atoms with E-state index < -0.39 is 0 Å². The average Bonchev–Trinajstić information content (AvgIpc) is 2.59. The Kier molecular flexibility index (Phi) is 2.11. The number of nitrogens with zero attached hydrogens (tertiary/aromatic N) is 2. The van der Waals surface area contributed by atoms with E-state index in [0.717, 1.165) is 0 Å². The van der Waals surface area contributed by atoms with Crippen LogP contribution in [0.3, 0.4) is 0 Å². The van der Waals surface area contributed by atoms with Gasteiger partial charge < -0.3 is 4.57 Å². The summed E-state index contributed by atoms with van der Waals surface area (Å²) in [7, 11) is 0. The van der Waals surface area contributed by atoms with E-state index in [0.29, 0.717) is 12.0 Å². The molecule has 2 heterocycles. The molecule has 2 heteroatoms. The molecule has 1 aliphatic heterocycles. The Bertz CT molecular complexity index is 378. The second-order valence-electron chi connectivity index (χ2n) is 5.26. The lowest BCUT2D eigenvalue weighted by Gasteiger charge is -2.26. The Hall–Kier alpha value is -0.790. The van der Waals surface area contributed by atoms with E-state index in [-0.39, 0.29) is 0 Å². The Morgan fingerprint density at radius 1 is 1.13 bits per heavy atom. The summed E-state index contributed by atoms with van der Waals surface area (Å²) in [6, 6.07) is 0.690. The van der Waals surface area contributed by atoms with Crippen molar-refractivity contribution in [3.05, 3.63) is 17.2 Å². The summed E-state index contributed by atoms with van der Waals surface area (Å²) in [5.41, 5.74) is 2.99. The largest absolute Gasteiger partial charge is 0.329 e. The predicted octanol–water partition coefficient (Wildman–Crippen LogP) is 3.22. The molecule has 0 fully saturated rings. The van der Waals surface area contributed by atoms with Gasteiger partial charge in [-0.3, -0.25) is 0 Å². The fraction of sp³-hybridized carbons (Fsp3) is 0.769. The van der Waals surface area contributed by atoms with Crippen molar-refractivity contribution in [1.82, 2.24) is 9.55 Å². The summed E-state index contributed by atoms with van der Waals surface area (Å²) in [5, 5.41) is 0.